The minimum absolute atomic E-state index is 0.0360. The number of hydrogen-bond acceptors (Lipinski definition) is 5. The van der Waals surface area contributed by atoms with E-state index in [-0.39, 0.29) is 34.9 Å². The monoisotopic (exact) mass is 322 g/mol. The Balaban J connectivity index is 2.13. The van der Waals surface area contributed by atoms with E-state index in [0.717, 1.165) is 18.2 Å². The zero-order chi connectivity index (χ0) is 15.0. The summed E-state index contributed by atoms with van der Waals surface area (Å²) in [5.41, 5.74) is 5.09. The van der Waals surface area contributed by atoms with Crippen LogP contribution in [0.3, 0.4) is 0 Å². The van der Waals surface area contributed by atoms with Crippen molar-refractivity contribution in [3.05, 3.63) is 24.0 Å². The maximum absolute atomic E-state index is 13.0. The van der Waals surface area contributed by atoms with Crippen molar-refractivity contribution in [1.29, 1.82) is 0 Å². The summed E-state index contributed by atoms with van der Waals surface area (Å²) in [4.78, 5) is -0.134. The van der Waals surface area contributed by atoms with Crippen LogP contribution >= 0.6 is 0 Å². The van der Waals surface area contributed by atoms with Gasteiger partial charge in [0.05, 0.1) is 22.1 Å². The van der Waals surface area contributed by atoms with Gasteiger partial charge >= 0.3 is 0 Å². The van der Waals surface area contributed by atoms with Gasteiger partial charge in [0.1, 0.15) is 15.7 Å². The molecule has 0 unspecified atom stereocenters. The first-order valence-corrected chi connectivity index (χ1v) is 9.28. The highest BCUT2D eigenvalue weighted by Crippen LogP contribution is 2.19. The molecule has 0 spiro atoms. The van der Waals surface area contributed by atoms with E-state index in [1.165, 1.54) is 0 Å². The van der Waals surface area contributed by atoms with Crippen LogP contribution in [-0.2, 0) is 19.9 Å². The molecule has 0 saturated carbocycles. The summed E-state index contributed by atoms with van der Waals surface area (Å²) in [7, 11) is -6.88. The molecule has 0 atom stereocenters. The van der Waals surface area contributed by atoms with E-state index in [1.54, 1.807) is 0 Å². The number of nitrogens with two attached hydrogens (primary N) is 1. The number of hydrogen-bond donors (Lipinski definition) is 2. The Morgan fingerprint density at radius 2 is 1.85 bits per heavy atom. The summed E-state index contributed by atoms with van der Waals surface area (Å²) < 4.78 is 62.2. The van der Waals surface area contributed by atoms with Gasteiger partial charge in [0.25, 0.3) is 0 Å². The molecule has 0 aliphatic carbocycles. The fourth-order valence-corrected chi connectivity index (χ4v) is 4.82. The van der Waals surface area contributed by atoms with E-state index in [9.17, 15) is 21.2 Å². The van der Waals surface area contributed by atoms with Crippen molar-refractivity contribution in [1.82, 2.24) is 4.72 Å². The highest BCUT2D eigenvalue weighted by molar-refractivity contribution is 7.91. The standard InChI is InChI=1S/C11H15FN2O4S2/c12-10-2-1-9(7-11(10)13)20(17,18)14-8-3-5-19(15,16)6-4-8/h1-2,7-8,14H,3-6,13H2. The fraction of sp³-hybridized carbons (Fsp3) is 0.455. The van der Waals surface area contributed by atoms with Gasteiger partial charge in [0, 0.05) is 6.04 Å². The molecule has 2 rings (SSSR count). The van der Waals surface area contributed by atoms with Gasteiger partial charge in [-0.25, -0.2) is 25.9 Å². The molecule has 1 heterocycles. The summed E-state index contributed by atoms with van der Waals surface area (Å²) in [6, 6.07) is 2.70. The number of sulfonamides is 1. The molecule has 9 heteroatoms. The second kappa shape index (κ2) is 5.30. The summed E-state index contributed by atoms with van der Waals surface area (Å²) in [6.07, 6.45) is 0.469. The largest absolute Gasteiger partial charge is 0.396 e. The first-order chi connectivity index (χ1) is 9.20. The Hall–Kier alpha value is -1.19. The van der Waals surface area contributed by atoms with E-state index < -0.39 is 31.7 Å². The average Bonchev–Trinajstić information content (AvgIpc) is 2.35. The van der Waals surface area contributed by atoms with Crippen LogP contribution in [0.1, 0.15) is 12.8 Å². The van der Waals surface area contributed by atoms with Crippen LogP contribution < -0.4 is 10.5 Å². The van der Waals surface area contributed by atoms with Gasteiger partial charge in [-0.2, -0.15) is 0 Å². The van der Waals surface area contributed by atoms with Crippen LogP contribution in [0.25, 0.3) is 0 Å². The number of nitrogen functional groups attached to an aromatic ring is 1. The molecule has 6 nitrogen and oxygen atoms in total. The third-order valence-corrected chi connectivity index (χ3v) is 6.39. The Kier molecular flexibility index (Phi) is 4.03. The lowest BCUT2D eigenvalue weighted by molar-refractivity contribution is 0.505. The predicted octanol–water partition coefficient (Wildman–Crippen LogP) is 0.263. The van der Waals surface area contributed by atoms with Crippen molar-refractivity contribution in [3.8, 4) is 0 Å². The maximum Gasteiger partial charge on any atom is 0.240 e. The van der Waals surface area contributed by atoms with Gasteiger partial charge in [0.2, 0.25) is 10.0 Å². The molecular weight excluding hydrogens is 307 g/mol. The first-order valence-electron chi connectivity index (χ1n) is 5.97. The third-order valence-electron chi connectivity index (χ3n) is 3.15. The minimum Gasteiger partial charge on any atom is -0.396 e. The molecule has 20 heavy (non-hydrogen) atoms. The lowest BCUT2D eigenvalue weighted by Gasteiger charge is -2.22. The molecule has 0 aromatic heterocycles. The van der Waals surface area contributed by atoms with Crippen molar-refractivity contribution in [2.45, 2.75) is 23.8 Å². The van der Waals surface area contributed by atoms with Crippen molar-refractivity contribution < 1.29 is 21.2 Å². The van der Waals surface area contributed by atoms with Gasteiger partial charge in [-0.05, 0) is 31.0 Å². The van der Waals surface area contributed by atoms with E-state index >= 15 is 0 Å². The molecule has 0 amide bonds. The molecule has 1 aliphatic heterocycles. The summed E-state index contributed by atoms with van der Waals surface area (Å²) in [5.74, 6) is -0.759. The molecular formula is C11H15FN2O4S2. The highest BCUT2D eigenvalue weighted by Gasteiger charge is 2.27. The van der Waals surface area contributed by atoms with Crippen molar-refractivity contribution in [2.75, 3.05) is 17.2 Å². The molecule has 112 valence electrons. The normalized spacial score (nSPS) is 19.9. The number of anilines is 1. The molecule has 1 saturated heterocycles. The van der Waals surface area contributed by atoms with Gasteiger partial charge in [-0.1, -0.05) is 0 Å². The molecule has 0 bridgehead atoms. The van der Waals surface area contributed by atoms with Crippen molar-refractivity contribution in [3.63, 3.8) is 0 Å². The average molecular weight is 322 g/mol. The molecule has 3 N–H and O–H groups in total. The zero-order valence-corrected chi connectivity index (χ0v) is 12.2. The number of benzene rings is 1. The number of sulfone groups is 1. The van der Waals surface area contributed by atoms with Gasteiger partial charge in [-0.15, -0.1) is 0 Å². The van der Waals surface area contributed by atoms with Crippen LogP contribution in [0.5, 0.6) is 0 Å². The minimum atomic E-state index is -3.83. The molecule has 1 aromatic rings. The smallest absolute Gasteiger partial charge is 0.240 e. The van der Waals surface area contributed by atoms with Crippen LogP contribution in [-0.4, -0.2) is 34.4 Å². The second-order valence-corrected chi connectivity index (χ2v) is 8.75. The Labute approximate surface area is 117 Å². The first kappa shape index (κ1) is 15.2. The number of halogens is 1. The Bertz CT molecular complexity index is 702. The topological polar surface area (TPSA) is 106 Å². The molecule has 1 aliphatic rings. The summed E-state index contributed by atoms with van der Waals surface area (Å²) in [5, 5.41) is 0. The van der Waals surface area contributed by atoms with E-state index in [0.29, 0.717) is 0 Å². The predicted molar refractivity (Wildman–Crippen MR) is 72.8 cm³/mol. The Morgan fingerprint density at radius 3 is 2.40 bits per heavy atom. The molecule has 0 radical (unpaired) electrons. The lowest BCUT2D eigenvalue weighted by Crippen LogP contribution is -2.40. The quantitative estimate of drug-likeness (QED) is 0.777. The fourth-order valence-electron chi connectivity index (χ4n) is 1.98. The number of nitrogens with one attached hydrogen (secondary N) is 1. The SMILES string of the molecule is Nc1cc(S(=O)(=O)NC2CCS(=O)(=O)CC2)ccc1F. The van der Waals surface area contributed by atoms with Crippen LogP contribution in [0.2, 0.25) is 0 Å². The summed E-state index contributed by atoms with van der Waals surface area (Å²) >= 11 is 0. The van der Waals surface area contributed by atoms with Crippen LogP contribution in [0.15, 0.2) is 23.1 Å². The second-order valence-electron chi connectivity index (χ2n) is 4.73. The zero-order valence-electron chi connectivity index (χ0n) is 10.5. The van der Waals surface area contributed by atoms with E-state index in [4.69, 9.17) is 5.73 Å². The summed E-state index contributed by atoms with van der Waals surface area (Å²) in [6.45, 7) is 0. The molecule has 1 fully saturated rings. The lowest BCUT2D eigenvalue weighted by atomic mass is 10.2. The highest BCUT2D eigenvalue weighted by atomic mass is 32.2. The van der Waals surface area contributed by atoms with E-state index in [2.05, 4.69) is 4.72 Å². The van der Waals surface area contributed by atoms with Crippen molar-refractivity contribution >= 4 is 25.5 Å². The number of rotatable bonds is 3. The van der Waals surface area contributed by atoms with Gasteiger partial charge in [0.15, 0.2) is 0 Å². The third kappa shape index (κ3) is 3.47. The molecule has 1 aromatic carbocycles. The Morgan fingerprint density at radius 1 is 1.25 bits per heavy atom. The maximum atomic E-state index is 13.0. The van der Waals surface area contributed by atoms with Gasteiger partial charge < -0.3 is 5.73 Å². The van der Waals surface area contributed by atoms with Gasteiger partial charge in [-0.3, -0.25) is 0 Å². The van der Waals surface area contributed by atoms with Crippen LogP contribution in [0.4, 0.5) is 10.1 Å². The van der Waals surface area contributed by atoms with Crippen molar-refractivity contribution in [2.24, 2.45) is 0 Å². The van der Waals surface area contributed by atoms with Crippen LogP contribution in [0, 0.1) is 5.82 Å². The van der Waals surface area contributed by atoms with E-state index in [1.807, 2.05) is 0 Å².